The molecule has 2 unspecified atom stereocenters. The van der Waals surface area contributed by atoms with Gasteiger partial charge in [-0.05, 0) is 56.4 Å². The van der Waals surface area contributed by atoms with Crippen LogP contribution in [0.15, 0.2) is 18.2 Å². The number of hydrogen-bond acceptors (Lipinski definition) is 3. The van der Waals surface area contributed by atoms with Gasteiger partial charge >= 0.3 is 6.09 Å². The Morgan fingerprint density at radius 1 is 1.35 bits per heavy atom. The molecule has 0 radical (unpaired) electrons. The van der Waals surface area contributed by atoms with Crippen molar-refractivity contribution >= 4 is 17.7 Å². The Balaban J connectivity index is 1.46. The molecular formula is C17H22ClFN2O2. The lowest BCUT2D eigenvalue weighted by Gasteiger charge is -2.26. The third kappa shape index (κ3) is 3.96. The van der Waals surface area contributed by atoms with Crippen LogP contribution in [0.5, 0.6) is 0 Å². The Labute approximate surface area is 140 Å². The van der Waals surface area contributed by atoms with E-state index < -0.39 is 5.60 Å². The minimum Gasteiger partial charge on any atom is -0.444 e. The van der Waals surface area contributed by atoms with Gasteiger partial charge < -0.3 is 15.0 Å². The van der Waals surface area contributed by atoms with Gasteiger partial charge in [0.1, 0.15) is 11.4 Å². The van der Waals surface area contributed by atoms with Gasteiger partial charge in [0, 0.05) is 30.7 Å². The van der Waals surface area contributed by atoms with Crippen LogP contribution in [0, 0.1) is 17.7 Å². The van der Waals surface area contributed by atoms with Crippen molar-refractivity contribution in [1.29, 1.82) is 0 Å². The Kier molecular flexibility index (Phi) is 4.27. The van der Waals surface area contributed by atoms with Crippen LogP contribution < -0.4 is 5.32 Å². The number of amides is 1. The summed E-state index contributed by atoms with van der Waals surface area (Å²) in [5.41, 5.74) is 0.377. The monoisotopic (exact) mass is 340 g/mol. The Bertz CT molecular complexity index is 585. The fourth-order valence-corrected chi connectivity index (χ4v) is 3.50. The molecule has 1 N–H and O–H groups in total. The van der Waals surface area contributed by atoms with E-state index in [1.54, 1.807) is 11.0 Å². The molecule has 1 heterocycles. The smallest absolute Gasteiger partial charge is 0.410 e. The van der Waals surface area contributed by atoms with Gasteiger partial charge in [0.25, 0.3) is 0 Å². The maximum absolute atomic E-state index is 13.3. The van der Waals surface area contributed by atoms with Crippen LogP contribution >= 0.6 is 11.6 Å². The summed E-state index contributed by atoms with van der Waals surface area (Å²) in [6, 6.07) is 4.94. The van der Waals surface area contributed by atoms with E-state index in [-0.39, 0.29) is 11.9 Å². The number of fused-ring (bicyclic) bond motifs is 1. The lowest BCUT2D eigenvalue weighted by molar-refractivity contribution is 0.0269. The van der Waals surface area contributed by atoms with Crippen molar-refractivity contribution in [3.8, 4) is 0 Å². The molecule has 1 aromatic rings. The predicted octanol–water partition coefficient (Wildman–Crippen LogP) is 3.43. The molecule has 1 saturated carbocycles. The SMILES string of the molecule is CC(C)(C)OC(=O)N1CC2C(C1)C2NCc1cc(F)cc(Cl)c1. The summed E-state index contributed by atoms with van der Waals surface area (Å²) >= 11 is 5.86. The first kappa shape index (κ1) is 16.5. The average Bonchev–Trinajstić information content (AvgIpc) is 2.85. The van der Waals surface area contributed by atoms with E-state index in [9.17, 15) is 9.18 Å². The van der Waals surface area contributed by atoms with Crippen LogP contribution in [-0.2, 0) is 11.3 Å². The fourth-order valence-electron chi connectivity index (χ4n) is 3.25. The van der Waals surface area contributed by atoms with Gasteiger partial charge in [-0.15, -0.1) is 0 Å². The maximum atomic E-state index is 13.3. The summed E-state index contributed by atoms with van der Waals surface area (Å²) in [4.78, 5) is 13.8. The predicted molar refractivity (Wildman–Crippen MR) is 86.8 cm³/mol. The van der Waals surface area contributed by atoms with Gasteiger partial charge in [-0.25, -0.2) is 9.18 Å². The topological polar surface area (TPSA) is 41.6 Å². The second kappa shape index (κ2) is 5.95. The molecule has 2 atom stereocenters. The minimum absolute atomic E-state index is 0.236. The lowest BCUT2D eigenvalue weighted by Crippen LogP contribution is -2.39. The Morgan fingerprint density at radius 3 is 2.57 bits per heavy atom. The zero-order chi connectivity index (χ0) is 16.8. The second-order valence-electron chi connectivity index (χ2n) is 7.40. The number of nitrogens with one attached hydrogen (secondary N) is 1. The maximum Gasteiger partial charge on any atom is 0.410 e. The molecule has 2 fully saturated rings. The molecule has 0 aromatic heterocycles. The number of benzene rings is 1. The summed E-state index contributed by atoms with van der Waals surface area (Å²) in [7, 11) is 0. The van der Waals surface area contributed by atoms with Crippen LogP contribution in [0.4, 0.5) is 9.18 Å². The number of nitrogens with zero attached hydrogens (tertiary/aromatic N) is 1. The number of piperidine rings is 1. The number of rotatable bonds is 3. The molecule has 1 aliphatic carbocycles. The fraction of sp³-hybridized carbons (Fsp3) is 0.588. The van der Waals surface area contributed by atoms with Crippen LogP contribution in [0.3, 0.4) is 0 Å². The van der Waals surface area contributed by atoms with Crippen LogP contribution in [0.1, 0.15) is 26.3 Å². The highest BCUT2D eigenvalue weighted by molar-refractivity contribution is 6.30. The molecule has 126 valence electrons. The highest BCUT2D eigenvalue weighted by Crippen LogP contribution is 2.45. The average molecular weight is 341 g/mol. The third-order valence-electron chi connectivity index (χ3n) is 4.31. The molecule has 2 aliphatic rings. The van der Waals surface area contributed by atoms with Crippen molar-refractivity contribution in [3.05, 3.63) is 34.6 Å². The van der Waals surface area contributed by atoms with E-state index in [1.807, 2.05) is 20.8 Å². The molecule has 4 nitrogen and oxygen atoms in total. The molecule has 1 aromatic carbocycles. The highest BCUT2D eigenvalue weighted by Gasteiger charge is 2.56. The lowest BCUT2D eigenvalue weighted by atomic mass is 10.2. The van der Waals surface area contributed by atoms with E-state index in [1.165, 1.54) is 12.1 Å². The summed E-state index contributed by atoms with van der Waals surface area (Å²) in [5, 5.41) is 3.84. The van der Waals surface area contributed by atoms with Crippen LogP contribution in [-0.4, -0.2) is 35.7 Å². The molecule has 6 heteroatoms. The van der Waals surface area contributed by atoms with Crippen molar-refractivity contribution in [2.24, 2.45) is 11.8 Å². The van der Waals surface area contributed by atoms with Crippen molar-refractivity contribution in [2.75, 3.05) is 13.1 Å². The van der Waals surface area contributed by atoms with Crippen molar-refractivity contribution < 1.29 is 13.9 Å². The summed E-state index contributed by atoms with van der Waals surface area (Å²) in [6.07, 6.45) is -0.236. The van der Waals surface area contributed by atoms with E-state index in [0.29, 0.717) is 29.4 Å². The molecule has 1 aliphatic heterocycles. The standard InChI is InChI=1S/C17H22ClFN2O2/c1-17(2,3)23-16(22)21-8-13-14(9-21)15(13)20-7-10-4-11(18)6-12(19)5-10/h4-6,13-15,20H,7-9H2,1-3H3. The number of carbonyl (C=O) groups excluding carboxylic acids is 1. The molecule has 0 bridgehead atoms. The van der Waals surface area contributed by atoms with Gasteiger partial charge in [-0.3, -0.25) is 0 Å². The number of carbonyl (C=O) groups is 1. The highest BCUT2D eigenvalue weighted by atomic mass is 35.5. The summed E-state index contributed by atoms with van der Waals surface area (Å²) < 4.78 is 18.7. The quantitative estimate of drug-likeness (QED) is 0.916. The van der Waals surface area contributed by atoms with E-state index in [4.69, 9.17) is 16.3 Å². The number of halogens is 2. The largest absolute Gasteiger partial charge is 0.444 e. The number of ether oxygens (including phenoxy) is 1. The molecule has 23 heavy (non-hydrogen) atoms. The second-order valence-corrected chi connectivity index (χ2v) is 7.83. The first-order valence-electron chi connectivity index (χ1n) is 7.89. The minimum atomic E-state index is -0.460. The molecule has 0 spiro atoms. The summed E-state index contributed by atoms with van der Waals surface area (Å²) in [5.74, 6) is 0.611. The van der Waals surface area contributed by atoms with Crippen molar-refractivity contribution in [3.63, 3.8) is 0 Å². The van der Waals surface area contributed by atoms with E-state index in [0.717, 1.165) is 18.7 Å². The van der Waals surface area contributed by atoms with Gasteiger partial charge in [-0.2, -0.15) is 0 Å². The molecule has 1 amide bonds. The number of likely N-dealkylation sites (tertiary alicyclic amines) is 1. The molecule has 1 saturated heterocycles. The van der Waals surface area contributed by atoms with Gasteiger partial charge in [-0.1, -0.05) is 11.6 Å². The van der Waals surface area contributed by atoms with Gasteiger partial charge in [0.15, 0.2) is 0 Å². The van der Waals surface area contributed by atoms with Gasteiger partial charge in [0.05, 0.1) is 0 Å². The Morgan fingerprint density at radius 2 is 2.00 bits per heavy atom. The molecular weight excluding hydrogens is 319 g/mol. The van der Waals surface area contributed by atoms with Gasteiger partial charge in [0.2, 0.25) is 0 Å². The van der Waals surface area contributed by atoms with E-state index in [2.05, 4.69) is 5.32 Å². The van der Waals surface area contributed by atoms with Crippen LogP contribution in [0.25, 0.3) is 0 Å². The van der Waals surface area contributed by atoms with Crippen molar-refractivity contribution in [2.45, 2.75) is 39.0 Å². The molecule has 3 rings (SSSR count). The first-order chi connectivity index (χ1) is 10.7. The number of hydrogen-bond donors (Lipinski definition) is 1. The Hall–Kier alpha value is -1.33. The zero-order valence-electron chi connectivity index (χ0n) is 13.6. The first-order valence-corrected chi connectivity index (χ1v) is 8.27. The summed E-state index contributed by atoms with van der Waals surface area (Å²) in [6.45, 7) is 7.65. The van der Waals surface area contributed by atoms with E-state index >= 15 is 0 Å². The van der Waals surface area contributed by atoms with Crippen LogP contribution in [0.2, 0.25) is 5.02 Å². The normalized spacial score (nSPS) is 26.1. The van der Waals surface area contributed by atoms with Crippen molar-refractivity contribution in [1.82, 2.24) is 10.2 Å². The zero-order valence-corrected chi connectivity index (χ0v) is 14.4. The third-order valence-corrected chi connectivity index (χ3v) is 4.53.